The predicted octanol–water partition coefficient (Wildman–Crippen LogP) is 3.94. The minimum atomic E-state index is -0.810. The first-order valence-corrected chi connectivity index (χ1v) is 14.2. The number of benzene rings is 2. The molecule has 2 aromatic carbocycles. The van der Waals surface area contributed by atoms with Crippen LogP contribution in [0.1, 0.15) is 60.4 Å². The van der Waals surface area contributed by atoms with Crippen molar-refractivity contribution in [2.75, 3.05) is 6.54 Å². The third-order valence-corrected chi connectivity index (χ3v) is 8.69. The molecule has 5 rings (SSSR count). The van der Waals surface area contributed by atoms with E-state index in [1.807, 2.05) is 75.7 Å². The molecule has 1 fully saturated rings. The molecule has 204 valence electrons. The molecular formula is C30H34N4O4S. The fourth-order valence-electron chi connectivity index (χ4n) is 5.65. The molecule has 39 heavy (non-hydrogen) atoms. The Balaban J connectivity index is 1.30. The number of aromatic nitrogens is 1. The molecule has 0 saturated carbocycles. The van der Waals surface area contributed by atoms with Crippen LogP contribution in [0.5, 0.6) is 0 Å². The van der Waals surface area contributed by atoms with Crippen molar-refractivity contribution in [2.24, 2.45) is 5.92 Å². The molecule has 2 aliphatic heterocycles. The summed E-state index contributed by atoms with van der Waals surface area (Å²) in [6.07, 6.45) is -0.645. The van der Waals surface area contributed by atoms with E-state index in [9.17, 15) is 19.5 Å². The molecule has 8 nitrogen and oxygen atoms in total. The molecule has 1 aromatic heterocycles. The number of likely N-dealkylation sites (tertiary alicyclic amines) is 1. The summed E-state index contributed by atoms with van der Waals surface area (Å²) in [5.41, 5.74) is 6.32. The van der Waals surface area contributed by atoms with Crippen molar-refractivity contribution in [3.05, 3.63) is 76.4 Å². The van der Waals surface area contributed by atoms with E-state index in [1.165, 1.54) is 4.90 Å². The Bertz CT molecular complexity index is 1390. The molecule has 3 heterocycles. The van der Waals surface area contributed by atoms with Crippen LogP contribution in [0.3, 0.4) is 0 Å². The minimum absolute atomic E-state index is 0.0619. The number of β-amino-alcohol motifs (C(OH)–C–C–N with tert-alkyl or cyclic N) is 1. The largest absolute Gasteiger partial charge is 0.391 e. The highest BCUT2D eigenvalue weighted by Crippen LogP contribution is 2.31. The maximum Gasteiger partial charge on any atom is 0.255 e. The number of aliphatic hydroxyl groups excluding tert-OH is 1. The molecule has 2 aliphatic rings. The number of amides is 3. The number of aryl methyl sites for hydroxylation is 1. The van der Waals surface area contributed by atoms with Gasteiger partial charge in [-0.2, -0.15) is 0 Å². The lowest BCUT2D eigenvalue weighted by Crippen LogP contribution is -2.55. The van der Waals surface area contributed by atoms with Gasteiger partial charge in [0.05, 0.1) is 28.2 Å². The van der Waals surface area contributed by atoms with E-state index in [0.29, 0.717) is 12.1 Å². The molecule has 3 aromatic rings. The highest BCUT2D eigenvalue weighted by molar-refractivity contribution is 7.13. The maximum absolute atomic E-state index is 13.9. The van der Waals surface area contributed by atoms with Gasteiger partial charge in [-0.3, -0.25) is 14.4 Å². The number of aliphatic hydroxyl groups is 1. The lowest BCUT2D eigenvalue weighted by Gasteiger charge is -2.35. The van der Waals surface area contributed by atoms with Gasteiger partial charge in [-0.25, -0.2) is 4.98 Å². The van der Waals surface area contributed by atoms with E-state index < -0.39 is 18.2 Å². The van der Waals surface area contributed by atoms with Crippen molar-refractivity contribution in [2.45, 2.75) is 64.9 Å². The van der Waals surface area contributed by atoms with E-state index >= 15 is 0 Å². The molecule has 3 amide bonds. The highest BCUT2D eigenvalue weighted by Gasteiger charge is 2.46. The monoisotopic (exact) mass is 546 g/mol. The molecule has 2 N–H and O–H groups in total. The number of fused-ring (bicyclic) bond motifs is 1. The van der Waals surface area contributed by atoms with Gasteiger partial charge in [-0.15, -0.1) is 11.3 Å². The zero-order valence-corrected chi connectivity index (χ0v) is 23.4. The van der Waals surface area contributed by atoms with Crippen LogP contribution < -0.4 is 5.32 Å². The lowest BCUT2D eigenvalue weighted by atomic mass is 10.00. The second-order valence-electron chi connectivity index (χ2n) is 10.8. The van der Waals surface area contributed by atoms with Crippen LogP contribution in [-0.4, -0.2) is 62.3 Å². The molecule has 9 heteroatoms. The quantitative estimate of drug-likeness (QED) is 0.467. The summed E-state index contributed by atoms with van der Waals surface area (Å²) in [5, 5.41) is 13.5. The number of thiazole rings is 1. The Labute approximate surface area is 232 Å². The van der Waals surface area contributed by atoms with Crippen LogP contribution in [0, 0.1) is 12.8 Å². The molecule has 2 unspecified atom stereocenters. The Morgan fingerprint density at radius 2 is 1.82 bits per heavy atom. The number of rotatable bonds is 7. The lowest BCUT2D eigenvalue weighted by molar-refractivity contribution is -0.143. The normalized spacial score (nSPS) is 20.3. The van der Waals surface area contributed by atoms with Gasteiger partial charge in [-0.1, -0.05) is 56.3 Å². The summed E-state index contributed by atoms with van der Waals surface area (Å²) in [6.45, 7) is 8.10. The highest BCUT2D eigenvalue weighted by atomic mass is 32.1. The summed E-state index contributed by atoms with van der Waals surface area (Å²) >= 11 is 1.59. The van der Waals surface area contributed by atoms with E-state index in [0.717, 1.165) is 27.3 Å². The Morgan fingerprint density at radius 1 is 1.10 bits per heavy atom. The number of hydrogen-bond donors (Lipinski definition) is 2. The number of nitrogens with one attached hydrogen (secondary N) is 1. The molecule has 1 saturated heterocycles. The third kappa shape index (κ3) is 5.21. The molecule has 0 spiro atoms. The first-order valence-electron chi connectivity index (χ1n) is 13.3. The van der Waals surface area contributed by atoms with E-state index in [-0.39, 0.29) is 42.6 Å². The smallest absolute Gasteiger partial charge is 0.255 e. The van der Waals surface area contributed by atoms with Gasteiger partial charge in [0.1, 0.15) is 12.1 Å². The fourth-order valence-corrected chi connectivity index (χ4v) is 6.46. The van der Waals surface area contributed by atoms with Crippen LogP contribution >= 0.6 is 11.3 Å². The molecule has 0 aliphatic carbocycles. The van der Waals surface area contributed by atoms with Gasteiger partial charge in [0, 0.05) is 25.1 Å². The van der Waals surface area contributed by atoms with Gasteiger partial charge >= 0.3 is 0 Å². The average molecular weight is 547 g/mol. The van der Waals surface area contributed by atoms with Crippen LogP contribution in [0.25, 0.3) is 10.4 Å². The van der Waals surface area contributed by atoms with Crippen LogP contribution in [0.15, 0.2) is 54.0 Å². The fraction of sp³-hybridized carbons (Fsp3) is 0.400. The number of hydrogen-bond acceptors (Lipinski definition) is 6. The summed E-state index contributed by atoms with van der Waals surface area (Å²) in [5.74, 6) is -0.964. The summed E-state index contributed by atoms with van der Waals surface area (Å²) in [6, 6.07) is 13.6. The molecule has 0 radical (unpaired) electrons. The molecule has 4 atom stereocenters. The van der Waals surface area contributed by atoms with Crippen LogP contribution in [-0.2, 0) is 16.1 Å². The predicted molar refractivity (Wildman–Crippen MR) is 150 cm³/mol. The summed E-state index contributed by atoms with van der Waals surface area (Å²) < 4.78 is 0. The topological polar surface area (TPSA) is 103 Å². The SMILES string of the molecule is Cc1ncsc1-c1ccc([C@H](C)NC(=O)C2C[C@@H](O)CN2C(=O)C(C(C)C)N2Cc3ccccc3C2=O)cc1. The zero-order chi connectivity index (χ0) is 27.8. The van der Waals surface area contributed by atoms with Crippen molar-refractivity contribution in [1.82, 2.24) is 20.1 Å². The number of carbonyl (C=O) groups is 3. The van der Waals surface area contributed by atoms with Crippen molar-refractivity contribution in [1.29, 1.82) is 0 Å². The van der Waals surface area contributed by atoms with Gasteiger partial charge in [-0.05, 0) is 42.5 Å². The second kappa shape index (κ2) is 10.9. The Morgan fingerprint density at radius 3 is 2.46 bits per heavy atom. The standard InChI is InChI=1S/C30H34N4O4S/c1-17(2)26(34-14-22-7-5-6-8-24(22)29(34)37)30(38)33-15-23(35)13-25(33)28(36)32-18(3)20-9-11-21(12-10-20)27-19(4)31-16-39-27/h5-12,16-18,23,25-26,35H,13-15H2,1-4H3,(H,32,36)/t18-,23+,25?,26?/m0/s1. The van der Waals surface area contributed by atoms with Crippen LogP contribution in [0.4, 0.5) is 0 Å². The minimum Gasteiger partial charge on any atom is -0.391 e. The van der Waals surface area contributed by atoms with Crippen molar-refractivity contribution in [3.8, 4) is 10.4 Å². The number of nitrogens with zero attached hydrogens (tertiary/aromatic N) is 3. The van der Waals surface area contributed by atoms with E-state index in [4.69, 9.17) is 0 Å². The van der Waals surface area contributed by atoms with Gasteiger partial charge in [0.15, 0.2) is 0 Å². The second-order valence-corrected chi connectivity index (χ2v) is 11.6. The van der Waals surface area contributed by atoms with Crippen molar-refractivity contribution >= 4 is 29.1 Å². The van der Waals surface area contributed by atoms with Crippen molar-refractivity contribution < 1.29 is 19.5 Å². The van der Waals surface area contributed by atoms with Crippen LogP contribution in [0.2, 0.25) is 0 Å². The molecular weight excluding hydrogens is 512 g/mol. The maximum atomic E-state index is 13.9. The molecule has 0 bridgehead atoms. The van der Waals surface area contributed by atoms with Crippen molar-refractivity contribution in [3.63, 3.8) is 0 Å². The average Bonchev–Trinajstić information content (AvgIpc) is 3.61. The first-order chi connectivity index (χ1) is 18.7. The Kier molecular flexibility index (Phi) is 7.55. The van der Waals surface area contributed by atoms with E-state index in [1.54, 1.807) is 22.3 Å². The van der Waals surface area contributed by atoms with Gasteiger partial charge in [0.25, 0.3) is 5.91 Å². The Hall–Kier alpha value is -3.56. The summed E-state index contributed by atoms with van der Waals surface area (Å²) in [7, 11) is 0. The van der Waals surface area contributed by atoms with Gasteiger partial charge in [0.2, 0.25) is 11.8 Å². The first kappa shape index (κ1) is 27.0. The zero-order valence-electron chi connectivity index (χ0n) is 22.6. The summed E-state index contributed by atoms with van der Waals surface area (Å²) in [4.78, 5) is 49.0. The van der Waals surface area contributed by atoms with E-state index in [2.05, 4.69) is 10.3 Å². The van der Waals surface area contributed by atoms with Gasteiger partial charge < -0.3 is 20.2 Å². The third-order valence-electron chi connectivity index (χ3n) is 7.71. The number of carbonyl (C=O) groups excluding carboxylic acids is 3.